The summed E-state index contributed by atoms with van der Waals surface area (Å²) in [5, 5.41) is 0. The molecule has 1 aromatic heterocycles. The number of rotatable bonds is 6. The minimum absolute atomic E-state index is 0.624. The van der Waals surface area contributed by atoms with Crippen molar-refractivity contribution in [1.29, 1.82) is 0 Å². The molecule has 0 saturated carbocycles. The van der Waals surface area contributed by atoms with Gasteiger partial charge in [-0.3, -0.25) is 4.90 Å². The number of hydrogen-bond acceptors (Lipinski definition) is 6. The number of nitrogen functional groups attached to an aromatic ring is 1. The van der Waals surface area contributed by atoms with E-state index < -0.39 is 0 Å². The molecular formula is C14H26N6. The van der Waals surface area contributed by atoms with Gasteiger partial charge >= 0.3 is 0 Å². The quantitative estimate of drug-likeness (QED) is 0.603. The van der Waals surface area contributed by atoms with E-state index in [9.17, 15) is 0 Å². The normalized spacial score (nSPS) is 18.9. The molecule has 0 aromatic carbocycles. The van der Waals surface area contributed by atoms with Crippen molar-refractivity contribution in [1.82, 2.24) is 14.9 Å². The van der Waals surface area contributed by atoms with Crippen LogP contribution in [0.5, 0.6) is 0 Å². The summed E-state index contributed by atoms with van der Waals surface area (Å²) in [6, 6.07) is 2.56. The molecule has 2 heterocycles. The molecule has 112 valence electrons. The van der Waals surface area contributed by atoms with Crippen LogP contribution < -0.4 is 16.2 Å². The van der Waals surface area contributed by atoms with Gasteiger partial charge in [0.1, 0.15) is 17.5 Å². The van der Waals surface area contributed by atoms with Gasteiger partial charge in [-0.1, -0.05) is 20.8 Å². The van der Waals surface area contributed by atoms with Gasteiger partial charge in [-0.05, 0) is 19.5 Å². The molecule has 1 aliphatic heterocycles. The van der Waals surface area contributed by atoms with Gasteiger partial charge in [-0.2, -0.15) is 0 Å². The molecule has 1 aromatic rings. The van der Waals surface area contributed by atoms with E-state index in [0.717, 1.165) is 44.2 Å². The number of aromatic nitrogens is 2. The predicted octanol–water partition coefficient (Wildman–Crippen LogP) is 1.25. The largest absolute Gasteiger partial charge is 0.355 e. The molecule has 3 N–H and O–H groups in total. The first-order chi connectivity index (χ1) is 9.71. The molecule has 1 fully saturated rings. The van der Waals surface area contributed by atoms with Crippen molar-refractivity contribution in [2.75, 3.05) is 36.5 Å². The van der Waals surface area contributed by atoms with Crippen LogP contribution >= 0.6 is 0 Å². The Balaban J connectivity index is 2.13. The Morgan fingerprint density at radius 2 is 2.10 bits per heavy atom. The van der Waals surface area contributed by atoms with Crippen LogP contribution in [-0.2, 0) is 6.42 Å². The van der Waals surface area contributed by atoms with Crippen LogP contribution in [0.2, 0.25) is 0 Å². The van der Waals surface area contributed by atoms with Crippen molar-refractivity contribution in [3.8, 4) is 0 Å². The van der Waals surface area contributed by atoms with Gasteiger partial charge in [-0.15, -0.1) is 0 Å². The van der Waals surface area contributed by atoms with Crippen LogP contribution in [-0.4, -0.2) is 47.1 Å². The van der Waals surface area contributed by atoms with E-state index in [0.29, 0.717) is 11.9 Å². The summed E-state index contributed by atoms with van der Waals surface area (Å²) >= 11 is 0. The standard InChI is InChI=1S/C14H26N6/c1-4-12-16-13(18-15)9-14(17-12)20-8-7-11(10-20)19(5-2)6-3/h9,11H,4-8,10,15H2,1-3H3,(H,16,17,18). The van der Waals surface area contributed by atoms with Gasteiger partial charge in [0.15, 0.2) is 0 Å². The maximum Gasteiger partial charge on any atom is 0.145 e. The summed E-state index contributed by atoms with van der Waals surface area (Å²) in [5.74, 6) is 8.01. The first-order valence-corrected chi connectivity index (χ1v) is 7.55. The van der Waals surface area contributed by atoms with E-state index in [4.69, 9.17) is 5.84 Å². The second-order valence-corrected chi connectivity index (χ2v) is 5.14. The van der Waals surface area contributed by atoms with Gasteiger partial charge < -0.3 is 10.3 Å². The molecule has 1 atom stereocenters. The lowest BCUT2D eigenvalue weighted by Gasteiger charge is -2.26. The molecule has 0 amide bonds. The highest BCUT2D eigenvalue weighted by Gasteiger charge is 2.27. The molecule has 2 rings (SSSR count). The molecule has 1 saturated heterocycles. The van der Waals surface area contributed by atoms with E-state index >= 15 is 0 Å². The lowest BCUT2D eigenvalue weighted by molar-refractivity contribution is 0.232. The summed E-state index contributed by atoms with van der Waals surface area (Å²) in [7, 11) is 0. The van der Waals surface area contributed by atoms with Crippen molar-refractivity contribution < 1.29 is 0 Å². The smallest absolute Gasteiger partial charge is 0.145 e. The number of anilines is 2. The molecule has 1 aliphatic rings. The molecule has 0 spiro atoms. The van der Waals surface area contributed by atoms with Crippen LogP contribution in [0.1, 0.15) is 33.0 Å². The van der Waals surface area contributed by atoms with Gasteiger partial charge in [0.2, 0.25) is 0 Å². The van der Waals surface area contributed by atoms with Crippen LogP contribution in [0.15, 0.2) is 6.07 Å². The third kappa shape index (κ3) is 3.19. The predicted molar refractivity (Wildman–Crippen MR) is 82.8 cm³/mol. The average molecular weight is 278 g/mol. The Morgan fingerprint density at radius 1 is 1.35 bits per heavy atom. The van der Waals surface area contributed by atoms with Crippen molar-refractivity contribution in [3.05, 3.63) is 11.9 Å². The fraction of sp³-hybridized carbons (Fsp3) is 0.714. The molecular weight excluding hydrogens is 252 g/mol. The van der Waals surface area contributed by atoms with Gasteiger partial charge in [0.05, 0.1) is 0 Å². The zero-order chi connectivity index (χ0) is 14.5. The number of nitrogens with zero attached hydrogens (tertiary/aromatic N) is 4. The minimum Gasteiger partial charge on any atom is -0.355 e. The second kappa shape index (κ2) is 6.85. The Morgan fingerprint density at radius 3 is 2.70 bits per heavy atom. The van der Waals surface area contributed by atoms with E-state index in [1.165, 1.54) is 6.42 Å². The van der Waals surface area contributed by atoms with Gasteiger partial charge in [-0.25, -0.2) is 15.8 Å². The van der Waals surface area contributed by atoms with Crippen LogP contribution in [0, 0.1) is 0 Å². The zero-order valence-corrected chi connectivity index (χ0v) is 12.8. The summed E-state index contributed by atoms with van der Waals surface area (Å²) in [5.41, 5.74) is 2.63. The number of nitrogens with one attached hydrogen (secondary N) is 1. The maximum absolute atomic E-state index is 5.49. The highest BCUT2D eigenvalue weighted by Crippen LogP contribution is 2.23. The van der Waals surface area contributed by atoms with Crippen molar-refractivity contribution in [3.63, 3.8) is 0 Å². The van der Waals surface area contributed by atoms with E-state index in [1.807, 2.05) is 6.07 Å². The lowest BCUT2D eigenvalue weighted by Crippen LogP contribution is -2.37. The molecule has 0 aliphatic carbocycles. The molecule has 1 unspecified atom stereocenters. The monoisotopic (exact) mass is 278 g/mol. The summed E-state index contributed by atoms with van der Waals surface area (Å²) in [4.78, 5) is 13.8. The Hall–Kier alpha value is -1.40. The number of hydrogen-bond donors (Lipinski definition) is 2. The highest BCUT2D eigenvalue weighted by molar-refractivity contribution is 5.49. The Kier molecular flexibility index (Phi) is 5.14. The lowest BCUT2D eigenvalue weighted by atomic mass is 10.2. The van der Waals surface area contributed by atoms with E-state index in [1.54, 1.807) is 0 Å². The SMILES string of the molecule is CCc1nc(NN)cc(N2CCC(N(CC)CC)C2)n1. The van der Waals surface area contributed by atoms with E-state index in [-0.39, 0.29) is 0 Å². The highest BCUT2D eigenvalue weighted by atomic mass is 15.3. The summed E-state index contributed by atoms with van der Waals surface area (Å²) in [6.45, 7) is 10.8. The fourth-order valence-electron chi connectivity index (χ4n) is 2.87. The van der Waals surface area contributed by atoms with Crippen LogP contribution in [0.25, 0.3) is 0 Å². The molecule has 0 radical (unpaired) electrons. The summed E-state index contributed by atoms with van der Waals surface area (Å²) in [6.07, 6.45) is 2.01. The van der Waals surface area contributed by atoms with E-state index in [2.05, 4.69) is 46.0 Å². The minimum atomic E-state index is 0.624. The van der Waals surface area contributed by atoms with Crippen LogP contribution in [0.3, 0.4) is 0 Å². The van der Waals surface area contributed by atoms with Crippen molar-refractivity contribution in [2.24, 2.45) is 5.84 Å². The zero-order valence-electron chi connectivity index (χ0n) is 12.8. The summed E-state index contributed by atoms with van der Waals surface area (Å²) < 4.78 is 0. The fourth-order valence-corrected chi connectivity index (χ4v) is 2.87. The molecule has 6 heteroatoms. The number of hydrazine groups is 1. The number of likely N-dealkylation sites (N-methyl/N-ethyl adjacent to an activating group) is 1. The molecule has 0 bridgehead atoms. The van der Waals surface area contributed by atoms with Crippen molar-refractivity contribution in [2.45, 2.75) is 39.7 Å². The van der Waals surface area contributed by atoms with Gasteiger partial charge in [0.25, 0.3) is 0 Å². The first kappa shape index (κ1) is 15.0. The molecule has 6 nitrogen and oxygen atoms in total. The Labute approximate surface area is 121 Å². The number of aryl methyl sites for hydroxylation is 1. The maximum atomic E-state index is 5.49. The van der Waals surface area contributed by atoms with Crippen molar-refractivity contribution >= 4 is 11.6 Å². The molecule has 20 heavy (non-hydrogen) atoms. The Bertz CT molecular complexity index is 409. The first-order valence-electron chi connectivity index (χ1n) is 7.55. The second-order valence-electron chi connectivity index (χ2n) is 5.14. The van der Waals surface area contributed by atoms with Crippen LogP contribution in [0.4, 0.5) is 11.6 Å². The third-order valence-electron chi connectivity index (χ3n) is 4.04. The number of nitrogens with two attached hydrogens (primary N) is 1. The third-order valence-corrected chi connectivity index (χ3v) is 4.04. The average Bonchev–Trinajstić information content (AvgIpc) is 2.97. The topological polar surface area (TPSA) is 70.3 Å². The van der Waals surface area contributed by atoms with Gasteiger partial charge in [0, 0.05) is 31.6 Å².